The Kier molecular flexibility index (Phi) is 76.4. The summed E-state index contributed by atoms with van der Waals surface area (Å²) >= 11 is 0. The van der Waals surface area contributed by atoms with E-state index in [1.54, 1.807) is 0 Å². The summed E-state index contributed by atoms with van der Waals surface area (Å²) in [6.07, 6.45) is 109. The molecule has 0 fully saturated rings. The average Bonchev–Trinajstić information content (AvgIpc) is 1.57. The molecule has 0 aliphatic carbocycles. The first kappa shape index (κ1) is 94.9. The summed E-state index contributed by atoms with van der Waals surface area (Å²) in [7, 11) is 5.94. The minimum absolute atomic E-state index is 0.146. The number of hydrogen-bond donors (Lipinski definition) is 0. The molecule has 0 radical (unpaired) electrons. The summed E-state index contributed by atoms with van der Waals surface area (Å²) in [5, 5.41) is 11.9. The number of carbonyl (C=O) groups is 3. The third kappa shape index (κ3) is 81.1. The summed E-state index contributed by atoms with van der Waals surface area (Å²) < 4.78 is 22.9. The van der Waals surface area contributed by atoms with E-state index in [-0.39, 0.29) is 32.2 Å². The van der Waals surface area contributed by atoms with Crippen LogP contribution in [0.3, 0.4) is 0 Å². The third-order valence-corrected chi connectivity index (χ3v) is 18.5. The van der Waals surface area contributed by atoms with Crippen LogP contribution in [-0.4, -0.2) is 82.3 Å². The van der Waals surface area contributed by atoms with Crippen molar-refractivity contribution in [1.82, 2.24) is 0 Å². The van der Waals surface area contributed by atoms with Crippen molar-refractivity contribution in [2.45, 2.75) is 399 Å². The minimum Gasteiger partial charge on any atom is -0.545 e. The highest BCUT2D eigenvalue weighted by atomic mass is 16.7. The second-order valence-corrected chi connectivity index (χ2v) is 29.4. The van der Waals surface area contributed by atoms with Gasteiger partial charge in [0.05, 0.1) is 40.3 Å². The fourth-order valence-electron chi connectivity index (χ4n) is 12.1. The van der Waals surface area contributed by atoms with E-state index in [0.29, 0.717) is 23.9 Å². The number of ether oxygens (including phenoxy) is 4. The van der Waals surface area contributed by atoms with Crippen molar-refractivity contribution in [3.05, 3.63) is 109 Å². The summed E-state index contributed by atoms with van der Waals surface area (Å²) in [5.74, 6) is -2.27. The molecule has 0 rings (SSSR count). The predicted octanol–water partition coefficient (Wildman–Crippen LogP) is 25.9. The van der Waals surface area contributed by atoms with Crippen LogP contribution >= 0.6 is 0 Å². The number of nitrogens with zero attached hydrogens (tertiary/aromatic N) is 1. The Morgan fingerprint density at radius 3 is 0.859 bits per heavy atom. The maximum absolute atomic E-state index is 13.0. The van der Waals surface area contributed by atoms with E-state index in [0.717, 1.165) is 89.9 Å². The lowest BCUT2D eigenvalue weighted by Gasteiger charge is -2.26. The maximum Gasteiger partial charge on any atom is 0.306 e. The summed E-state index contributed by atoms with van der Waals surface area (Å²) in [6.45, 7) is 4.67. The molecular formula is C90H159NO8. The fourth-order valence-corrected chi connectivity index (χ4v) is 12.1. The monoisotopic (exact) mass is 1380 g/mol. The van der Waals surface area contributed by atoms with Crippen LogP contribution < -0.4 is 5.11 Å². The lowest BCUT2D eigenvalue weighted by atomic mass is 10.0. The van der Waals surface area contributed by atoms with Gasteiger partial charge in [0.1, 0.15) is 13.2 Å². The molecule has 9 nitrogen and oxygen atoms in total. The zero-order valence-electron chi connectivity index (χ0n) is 65.6. The molecule has 99 heavy (non-hydrogen) atoms. The van der Waals surface area contributed by atoms with Gasteiger partial charge in [-0.05, 0) is 103 Å². The number of unbranched alkanes of at least 4 members (excludes halogenated alkanes) is 45. The molecule has 2 unspecified atom stereocenters. The Hall–Kier alpha value is -4.05. The molecule has 0 saturated heterocycles. The molecule has 0 amide bonds. The molecule has 0 bridgehead atoms. The van der Waals surface area contributed by atoms with Gasteiger partial charge in [0.25, 0.3) is 0 Å². The van der Waals surface area contributed by atoms with Gasteiger partial charge in [-0.15, -0.1) is 0 Å². The van der Waals surface area contributed by atoms with E-state index < -0.39 is 24.3 Å². The highest BCUT2D eigenvalue weighted by Crippen LogP contribution is 2.19. The number of hydrogen-bond acceptors (Lipinski definition) is 8. The number of rotatable bonds is 78. The Bertz CT molecular complexity index is 2000. The molecule has 0 aliphatic heterocycles. The number of allylic oxidation sites excluding steroid dienone is 18. The predicted molar refractivity (Wildman–Crippen MR) is 426 cm³/mol. The first-order valence-corrected chi connectivity index (χ1v) is 42.0. The van der Waals surface area contributed by atoms with Crippen LogP contribution in [0.15, 0.2) is 109 Å². The second-order valence-electron chi connectivity index (χ2n) is 29.4. The van der Waals surface area contributed by atoms with Gasteiger partial charge in [-0.3, -0.25) is 9.59 Å². The molecule has 0 saturated carbocycles. The molecule has 572 valence electrons. The Morgan fingerprint density at radius 1 is 0.313 bits per heavy atom. The van der Waals surface area contributed by atoms with E-state index >= 15 is 0 Å². The highest BCUT2D eigenvalue weighted by molar-refractivity contribution is 5.70. The number of quaternary nitrogens is 1. The van der Waals surface area contributed by atoms with Crippen molar-refractivity contribution in [2.24, 2.45) is 0 Å². The van der Waals surface area contributed by atoms with Crippen molar-refractivity contribution in [3.63, 3.8) is 0 Å². The molecule has 0 heterocycles. The minimum atomic E-state index is -1.63. The molecule has 2 atom stereocenters. The van der Waals surface area contributed by atoms with Gasteiger partial charge in [-0.2, -0.15) is 0 Å². The van der Waals surface area contributed by atoms with Crippen LogP contribution in [0.25, 0.3) is 0 Å². The Labute approximate surface area is 613 Å². The molecule has 0 spiro atoms. The van der Waals surface area contributed by atoms with Crippen LogP contribution in [0, 0.1) is 0 Å². The quantitative estimate of drug-likeness (QED) is 0.0195. The number of carboxylic acid groups (broad SMARTS) is 1. The van der Waals surface area contributed by atoms with Gasteiger partial charge < -0.3 is 33.3 Å². The molecule has 0 aromatic rings. The van der Waals surface area contributed by atoms with Crippen molar-refractivity contribution < 1.29 is 42.9 Å². The lowest BCUT2D eigenvalue weighted by Crippen LogP contribution is -2.44. The van der Waals surface area contributed by atoms with Crippen LogP contribution in [0.2, 0.25) is 0 Å². The van der Waals surface area contributed by atoms with E-state index in [1.807, 2.05) is 21.1 Å². The largest absolute Gasteiger partial charge is 0.545 e. The van der Waals surface area contributed by atoms with Crippen molar-refractivity contribution in [3.8, 4) is 0 Å². The smallest absolute Gasteiger partial charge is 0.306 e. The van der Waals surface area contributed by atoms with Gasteiger partial charge in [0.2, 0.25) is 0 Å². The molecule has 0 N–H and O–H groups in total. The van der Waals surface area contributed by atoms with Gasteiger partial charge in [-0.1, -0.05) is 380 Å². The van der Waals surface area contributed by atoms with Crippen LogP contribution in [0.4, 0.5) is 0 Å². The van der Waals surface area contributed by atoms with Crippen LogP contribution in [-0.2, 0) is 33.3 Å². The van der Waals surface area contributed by atoms with E-state index in [1.165, 1.54) is 263 Å². The Morgan fingerprint density at radius 2 is 0.576 bits per heavy atom. The number of carboxylic acids is 1. The standard InChI is InChI=1S/C90H159NO8/c1-6-8-10-12-14-16-18-20-22-24-26-28-30-32-34-36-38-40-41-42-43-44-45-46-47-49-50-52-54-56-58-60-62-64-66-68-70-72-74-76-78-80-87(92)97-84-86(85-98-90(89(94)95)96-83-82-91(3,4)5)99-88(93)81-79-77-75-73-71-69-67-65-63-61-59-57-55-53-51-48-39-37-35-33-31-29-27-25-23-21-19-17-15-13-11-9-7-2/h9,11,15,17-18,20-21,23-24,26-27,29-30,32-33,35,39,48,86,90H,6-8,10,12-14,16,19,22,25,28,31,34,36-38,40-47,49-85H2,1-5H3/b11-9-,17-15-,20-18-,23-21-,26-24-,29-27-,32-30-,35-33-,48-39-. The van der Waals surface area contributed by atoms with Gasteiger partial charge in [0, 0.05) is 12.8 Å². The summed E-state index contributed by atoms with van der Waals surface area (Å²) in [5.41, 5.74) is 0. The van der Waals surface area contributed by atoms with Gasteiger partial charge >= 0.3 is 11.9 Å². The van der Waals surface area contributed by atoms with E-state index in [2.05, 4.69) is 123 Å². The maximum atomic E-state index is 13.0. The fraction of sp³-hybridized carbons (Fsp3) is 0.767. The van der Waals surface area contributed by atoms with Gasteiger partial charge in [0.15, 0.2) is 12.4 Å². The normalized spacial score (nSPS) is 13.2. The third-order valence-electron chi connectivity index (χ3n) is 18.5. The zero-order chi connectivity index (χ0) is 71.8. The van der Waals surface area contributed by atoms with Crippen LogP contribution in [0.1, 0.15) is 386 Å². The first-order chi connectivity index (χ1) is 48.6. The zero-order valence-corrected chi connectivity index (χ0v) is 65.6. The highest BCUT2D eigenvalue weighted by Gasteiger charge is 2.22. The van der Waals surface area contributed by atoms with Crippen molar-refractivity contribution in [2.75, 3.05) is 47.5 Å². The summed E-state index contributed by atoms with van der Waals surface area (Å²) in [4.78, 5) is 37.6. The lowest BCUT2D eigenvalue weighted by molar-refractivity contribution is -0.870. The molecule has 9 heteroatoms. The second kappa shape index (κ2) is 79.6. The first-order valence-electron chi connectivity index (χ1n) is 42.0. The summed E-state index contributed by atoms with van der Waals surface area (Å²) in [6, 6.07) is 0. The number of aliphatic carboxylic acids is 1. The van der Waals surface area contributed by atoms with E-state index in [9.17, 15) is 19.5 Å². The van der Waals surface area contributed by atoms with Gasteiger partial charge in [-0.25, -0.2) is 0 Å². The molecule has 0 aromatic carbocycles. The SMILES string of the molecule is CC/C=C\C/C=C\C/C=C\C/C=C\C/C=C\C/C=C\CCCCCCCCCCCCCCCCC(=O)OC(COC(=O)CCCCCCCCCCCCCCCCCCCCCCCCCCCC/C=C\C/C=C\C/C=C\CCCCCCC)COC(OCC[N+](C)(C)C)C(=O)[O-]. The van der Waals surface area contributed by atoms with E-state index in [4.69, 9.17) is 18.9 Å². The number of carbonyl (C=O) groups excluding carboxylic acids is 3. The Balaban J connectivity index is 3.97. The molecule has 0 aromatic heterocycles. The number of esters is 2. The van der Waals surface area contributed by atoms with Crippen molar-refractivity contribution in [1.29, 1.82) is 0 Å². The molecule has 0 aliphatic rings. The van der Waals surface area contributed by atoms with Crippen molar-refractivity contribution >= 4 is 17.9 Å². The number of likely N-dealkylation sites (N-methyl/N-ethyl adjacent to an activating group) is 1. The topological polar surface area (TPSA) is 111 Å². The average molecular weight is 1380 g/mol. The molecular weight excluding hydrogens is 1220 g/mol. The van der Waals surface area contributed by atoms with Crippen LogP contribution in [0.5, 0.6) is 0 Å².